The molecular formula is C93H53F6N15. The molecule has 0 atom stereocenters. The van der Waals surface area contributed by atoms with Gasteiger partial charge in [0.25, 0.3) is 0 Å². The van der Waals surface area contributed by atoms with E-state index in [1.165, 1.54) is 18.5 Å². The zero-order valence-electron chi connectivity index (χ0n) is 59.6. The molecule has 6 aromatic heterocycles. The highest BCUT2D eigenvalue weighted by Crippen LogP contribution is 2.47. The van der Waals surface area contributed by atoms with E-state index in [4.69, 9.17) is 54.8 Å². The van der Waals surface area contributed by atoms with Gasteiger partial charge in [0.2, 0.25) is 0 Å². The topological polar surface area (TPSA) is 188 Å². The summed E-state index contributed by atoms with van der Waals surface area (Å²) in [6.45, 7) is 0. The maximum absolute atomic E-state index is 15.2. The molecule has 6 heterocycles. The van der Waals surface area contributed by atoms with Crippen LogP contribution in [0.5, 0.6) is 0 Å². The lowest BCUT2D eigenvalue weighted by Gasteiger charge is -2.21. The number of rotatable bonds is 14. The van der Waals surface area contributed by atoms with Crippen molar-refractivity contribution in [2.75, 3.05) is 0 Å². The van der Waals surface area contributed by atoms with Crippen LogP contribution in [-0.4, -0.2) is 68.9 Å². The summed E-state index contributed by atoms with van der Waals surface area (Å²) < 4.78 is 95.3. The van der Waals surface area contributed by atoms with Crippen molar-refractivity contribution in [1.29, 1.82) is 5.26 Å². The molecule has 13 aromatic carbocycles. The maximum atomic E-state index is 15.2. The van der Waals surface area contributed by atoms with Crippen molar-refractivity contribution in [2.45, 2.75) is 12.4 Å². The predicted molar refractivity (Wildman–Crippen MR) is 429 cm³/mol. The first-order valence-corrected chi connectivity index (χ1v) is 36.1. The van der Waals surface area contributed by atoms with Crippen LogP contribution >= 0.6 is 0 Å². The van der Waals surface area contributed by atoms with E-state index in [1.807, 2.05) is 294 Å². The van der Waals surface area contributed by atoms with E-state index >= 15 is 26.3 Å². The van der Waals surface area contributed by atoms with Crippen molar-refractivity contribution in [2.24, 2.45) is 0 Å². The van der Waals surface area contributed by atoms with Crippen LogP contribution in [0, 0.1) is 11.3 Å². The Kier molecular flexibility index (Phi) is 17.1. The summed E-state index contributed by atoms with van der Waals surface area (Å²) in [5.74, 6) is 4.18. The summed E-state index contributed by atoms with van der Waals surface area (Å²) in [5, 5.41) is 14.1. The molecule has 0 N–H and O–H groups in total. The number of alkyl halides is 6. The molecule has 0 saturated carbocycles. The lowest BCUT2D eigenvalue weighted by atomic mass is 9.94. The number of fused-ring (bicyclic) bond motifs is 6. The van der Waals surface area contributed by atoms with Gasteiger partial charge in [-0.05, 0) is 109 Å². The Morgan fingerprint density at radius 2 is 0.474 bits per heavy atom. The first-order chi connectivity index (χ1) is 55.7. The molecule has 19 aromatic rings. The zero-order valence-corrected chi connectivity index (χ0v) is 59.6. The average molecular weight is 1490 g/mol. The van der Waals surface area contributed by atoms with E-state index in [1.54, 1.807) is 0 Å². The van der Waals surface area contributed by atoms with Crippen LogP contribution in [0.15, 0.2) is 322 Å². The highest BCUT2D eigenvalue weighted by atomic mass is 19.4. The van der Waals surface area contributed by atoms with Gasteiger partial charge in [-0.1, -0.05) is 212 Å². The first-order valence-electron chi connectivity index (χ1n) is 36.1. The fraction of sp³-hybridized carbons (Fsp3) is 0.0215. The number of nitrogens with zero attached hydrogens (tertiary/aromatic N) is 15. The van der Waals surface area contributed by atoms with Crippen LogP contribution in [0.4, 0.5) is 26.3 Å². The van der Waals surface area contributed by atoms with E-state index in [2.05, 4.69) is 11.1 Å². The minimum absolute atomic E-state index is 0.0743. The van der Waals surface area contributed by atoms with E-state index in [9.17, 15) is 5.26 Å². The second-order valence-corrected chi connectivity index (χ2v) is 27.0. The Hall–Kier alpha value is -15.4. The molecule has 0 unspecified atom stereocenters. The number of nitriles is 1. The smallest absolute Gasteiger partial charge is 0.307 e. The summed E-state index contributed by atoms with van der Waals surface area (Å²) in [7, 11) is 0. The minimum Gasteiger partial charge on any atom is -0.307 e. The molecule has 15 nitrogen and oxygen atoms in total. The largest absolute Gasteiger partial charge is 0.416 e. The molecule has 0 aliphatic carbocycles. The second-order valence-electron chi connectivity index (χ2n) is 27.0. The van der Waals surface area contributed by atoms with Gasteiger partial charge in [-0.3, -0.25) is 0 Å². The second kappa shape index (κ2) is 28.2. The molecule has 0 fully saturated rings. The predicted octanol–water partition coefficient (Wildman–Crippen LogP) is 22.5. The summed E-state index contributed by atoms with van der Waals surface area (Å²) in [4.78, 5) is 60.0. The molecule has 0 bridgehead atoms. The van der Waals surface area contributed by atoms with Crippen LogP contribution in [0.1, 0.15) is 16.7 Å². The van der Waals surface area contributed by atoms with Gasteiger partial charge >= 0.3 is 12.4 Å². The normalized spacial score (nSPS) is 11.8. The summed E-state index contributed by atoms with van der Waals surface area (Å²) >= 11 is 0. The number of aromatic nitrogens is 14. The Labute approximate surface area is 645 Å². The van der Waals surface area contributed by atoms with E-state index in [0.29, 0.717) is 142 Å². The van der Waals surface area contributed by atoms with Crippen molar-refractivity contribution in [1.82, 2.24) is 68.9 Å². The monoisotopic (exact) mass is 1490 g/mol. The molecule has 19 rings (SSSR count). The number of hydrogen-bond donors (Lipinski definition) is 0. The minimum atomic E-state index is -5.25. The Morgan fingerprint density at radius 3 is 0.746 bits per heavy atom. The van der Waals surface area contributed by atoms with Crippen LogP contribution in [-0.2, 0) is 12.4 Å². The Balaban J connectivity index is 0.915. The first kappa shape index (κ1) is 69.1. The SMILES string of the molecule is N#Cc1cc(-n2c3ccc(-c4nc(-c5ccccc5)nc(-c5ccccc5)n4)cc3c3cc(-c4nc(-c5ccccc5)nc(-c5ccccc5)n4)ccc32)c(-n2c3ccc(-c4ncnc(-c5ccccc5)n4)cc3c3cc(-c4nc(-c5ccccc5)nc(-c5ccccc5)n4)ccc32)cc1-c1cc(C(F)(F)F)cc(C(F)(F)F)c1. The lowest BCUT2D eigenvalue weighted by molar-refractivity contribution is -0.143. The molecule has 0 spiro atoms. The van der Waals surface area contributed by atoms with Crippen LogP contribution < -0.4 is 0 Å². The van der Waals surface area contributed by atoms with Gasteiger partial charge in [-0.25, -0.2) is 59.8 Å². The molecular weight excluding hydrogens is 1440 g/mol. The molecule has 0 aliphatic heterocycles. The van der Waals surface area contributed by atoms with Crippen LogP contribution in [0.3, 0.4) is 0 Å². The quantitative estimate of drug-likeness (QED) is 0.0936. The fourth-order valence-electron chi connectivity index (χ4n) is 14.5. The summed E-state index contributed by atoms with van der Waals surface area (Å²) in [6.07, 6.45) is -9.07. The number of halogens is 6. The van der Waals surface area contributed by atoms with Crippen molar-refractivity contribution in [3.05, 3.63) is 338 Å². The van der Waals surface area contributed by atoms with Crippen molar-refractivity contribution < 1.29 is 26.3 Å². The highest BCUT2D eigenvalue weighted by Gasteiger charge is 2.38. The van der Waals surface area contributed by atoms with Crippen molar-refractivity contribution >= 4 is 43.6 Å². The Bertz CT molecular complexity index is 6620. The van der Waals surface area contributed by atoms with Gasteiger partial charge in [-0.15, -0.1) is 0 Å². The van der Waals surface area contributed by atoms with Crippen LogP contribution in [0.2, 0.25) is 0 Å². The van der Waals surface area contributed by atoms with Crippen LogP contribution in [0.25, 0.3) is 191 Å². The zero-order chi connectivity index (χ0) is 77.2. The lowest BCUT2D eigenvalue weighted by Crippen LogP contribution is -2.11. The standard InChI is InChI=1S/C93H53F6N15/c94-92(95,96)68-44-66(45-69(51-68)93(97,98)99)70-52-80(114-77-40-36-62(82-102-54-101-81(103-82)55-22-8-1-9-23-55)46-71(77)72-47-65(39-43-78(72)114)91-111-87(60-32-18-6-19-33-60)106-88(112-91)61-34-20-7-21-35-61)79(50-67(70)53-100)113-75-41-37-63(89-107-83(56-24-10-2-11-25-56)104-84(108-89)57-26-12-3-13-27-57)48-73(75)74-49-64(38-42-76(74)113)90-109-85(58-28-14-4-15-29-58)105-86(110-90)59-30-16-5-17-31-59/h1-52,54H. The Morgan fingerprint density at radius 1 is 0.237 bits per heavy atom. The van der Waals surface area contributed by atoms with Crippen molar-refractivity contribution in [3.63, 3.8) is 0 Å². The third kappa shape index (κ3) is 13.0. The molecule has 21 heteroatoms. The van der Waals surface area contributed by atoms with Gasteiger partial charge in [-0.2, -0.15) is 31.6 Å². The maximum Gasteiger partial charge on any atom is 0.416 e. The number of benzene rings is 13. The third-order valence-electron chi connectivity index (χ3n) is 19.9. The number of hydrogen-bond acceptors (Lipinski definition) is 13. The highest BCUT2D eigenvalue weighted by molar-refractivity contribution is 6.14. The van der Waals surface area contributed by atoms with E-state index < -0.39 is 29.0 Å². The molecule has 0 saturated heterocycles. The molecule has 0 amide bonds. The molecule has 542 valence electrons. The third-order valence-corrected chi connectivity index (χ3v) is 19.9. The summed E-state index contributed by atoms with van der Waals surface area (Å²) in [5.41, 5.74) is 5.93. The average Bonchev–Trinajstić information content (AvgIpc) is 1.55. The molecule has 0 radical (unpaired) electrons. The fourth-order valence-corrected chi connectivity index (χ4v) is 14.5. The van der Waals surface area contributed by atoms with Gasteiger partial charge in [0, 0.05) is 88.3 Å². The molecule has 114 heavy (non-hydrogen) atoms. The molecule has 0 aliphatic rings. The van der Waals surface area contributed by atoms with Gasteiger partial charge in [0.05, 0.1) is 56.2 Å². The van der Waals surface area contributed by atoms with Gasteiger partial charge in [0.1, 0.15) is 6.33 Å². The van der Waals surface area contributed by atoms with Gasteiger partial charge < -0.3 is 9.13 Å². The van der Waals surface area contributed by atoms with E-state index in [-0.39, 0.29) is 28.6 Å². The van der Waals surface area contributed by atoms with Crippen molar-refractivity contribution in [3.8, 4) is 154 Å². The van der Waals surface area contributed by atoms with Gasteiger partial charge in [0.15, 0.2) is 64.1 Å². The van der Waals surface area contributed by atoms with E-state index in [0.717, 1.165) is 38.9 Å². The summed E-state index contributed by atoms with van der Waals surface area (Å²) in [6, 6.07) is 96.1.